The first-order valence-electron chi connectivity index (χ1n) is 5.56. The Balaban J connectivity index is 2.17. The summed E-state index contributed by atoms with van der Waals surface area (Å²) >= 11 is 0. The van der Waals surface area contributed by atoms with Gasteiger partial charge in [-0.1, -0.05) is 20.8 Å². The Hall–Kier alpha value is -0.140. The third-order valence-electron chi connectivity index (χ3n) is 3.26. The van der Waals surface area contributed by atoms with Crippen molar-refractivity contribution in [2.24, 2.45) is 17.3 Å². The van der Waals surface area contributed by atoms with Crippen LogP contribution in [0.25, 0.3) is 0 Å². The van der Waals surface area contributed by atoms with Crippen LogP contribution < -0.4 is 0 Å². The van der Waals surface area contributed by atoms with E-state index >= 15 is 0 Å². The van der Waals surface area contributed by atoms with Gasteiger partial charge in [-0.25, -0.2) is 8.78 Å². The van der Waals surface area contributed by atoms with Gasteiger partial charge in [-0.3, -0.25) is 0 Å². The highest BCUT2D eigenvalue weighted by Crippen LogP contribution is 2.46. The summed E-state index contributed by atoms with van der Waals surface area (Å²) in [5, 5.41) is 0. The molecule has 14 heavy (non-hydrogen) atoms. The molecular weight excluding hydrogens is 182 g/mol. The molecular formula is C12H22F2. The molecule has 0 radical (unpaired) electrons. The van der Waals surface area contributed by atoms with E-state index in [1.807, 2.05) is 0 Å². The van der Waals surface area contributed by atoms with E-state index in [-0.39, 0.29) is 5.92 Å². The van der Waals surface area contributed by atoms with Crippen molar-refractivity contribution in [1.29, 1.82) is 0 Å². The molecule has 0 atom stereocenters. The van der Waals surface area contributed by atoms with Crippen LogP contribution >= 0.6 is 0 Å². The van der Waals surface area contributed by atoms with Gasteiger partial charge < -0.3 is 0 Å². The number of hydrogen-bond acceptors (Lipinski definition) is 0. The molecule has 0 bridgehead atoms. The zero-order valence-electron chi connectivity index (χ0n) is 9.74. The summed E-state index contributed by atoms with van der Waals surface area (Å²) in [4.78, 5) is 0. The Morgan fingerprint density at radius 2 is 1.57 bits per heavy atom. The van der Waals surface area contributed by atoms with E-state index in [1.165, 1.54) is 0 Å². The fourth-order valence-corrected chi connectivity index (χ4v) is 2.02. The Morgan fingerprint density at radius 3 is 1.93 bits per heavy atom. The predicted octanol–water partition coefficient (Wildman–Crippen LogP) is 4.49. The lowest BCUT2D eigenvalue weighted by molar-refractivity contribution is -0.0922. The topological polar surface area (TPSA) is 0 Å². The lowest BCUT2D eigenvalue weighted by atomic mass is 9.68. The van der Waals surface area contributed by atoms with Gasteiger partial charge in [0.15, 0.2) is 0 Å². The van der Waals surface area contributed by atoms with E-state index in [0.717, 1.165) is 32.6 Å². The summed E-state index contributed by atoms with van der Waals surface area (Å²) in [6, 6.07) is 0. The largest absolute Gasteiger partial charge is 0.248 e. The lowest BCUT2D eigenvalue weighted by Crippen LogP contribution is -2.36. The lowest BCUT2D eigenvalue weighted by Gasteiger charge is -2.39. The summed E-state index contributed by atoms with van der Waals surface area (Å²) in [5.41, 5.74) is 0.347. The van der Waals surface area contributed by atoms with Gasteiger partial charge in [-0.05, 0) is 43.9 Å². The molecule has 1 aliphatic carbocycles. The van der Waals surface area contributed by atoms with Crippen LogP contribution in [0.3, 0.4) is 0 Å². The van der Waals surface area contributed by atoms with Crippen molar-refractivity contribution < 1.29 is 8.78 Å². The average molecular weight is 204 g/mol. The zero-order valence-corrected chi connectivity index (χ0v) is 9.74. The maximum Gasteiger partial charge on any atom is 0.248 e. The van der Waals surface area contributed by atoms with E-state index < -0.39 is 5.92 Å². The molecule has 0 aromatic heterocycles. The van der Waals surface area contributed by atoms with Crippen LogP contribution in [0.4, 0.5) is 8.78 Å². The number of halogens is 2. The monoisotopic (exact) mass is 204 g/mol. The summed E-state index contributed by atoms with van der Waals surface area (Å²) in [7, 11) is 0. The molecule has 0 heterocycles. The molecule has 1 saturated carbocycles. The maximum atomic E-state index is 12.8. The SMILES string of the molecule is CC(C)(C)CCC1CC(C(C)(F)F)C1. The summed E-state index contributed by atoms with van der Waals surface area (Å²) in [6.45, 7) is 7.67. The highest BCUT2D eigenvalue weighted by atomic mass is 19.3. The minimum absolute atomic E-state index is 0.340. The van der Waals surface area contributed by atoms with Crippen LogP contribution in [-0.2, 0) is 0 Å². The summed E-state index contributed by atoms with van der Waals surface area (Å²) < 4.78 is 25.6. The molecule has 0 aliphatic heterocycles. The minimum Gasteiger partial charge on any atom is -0.207 e. The Kier molecular flexibility index (Phi) is 3.23. The van der Waals surface area contributed by atoms with Crippen LogP contribution in [-0.4, -0.2) is 5.92 Å². The molecule has 1 aliphatic rings. The molecule has 2 heteroatoms. The van der Waals surface area contributed by atoms with Crippen molar-refractivity contribution in [3.05, 3.63) is 0 Å². The van der Waals surface area contributed by atoms with E-state index in [0.29, 0.717) is 11.3 Å². The molecule has 84 valence electrons. The van der Waals surface area contributed by atoms with Gasteiger partial charge in [-0.15, -0.1) is 0 Å². The van der Waals surface area contributed by atoms with Gasteiger partial charge in [0.2, 0.25) is 5.92 Å². The van der Waals surface area contributed by atoms with Crippen molar-refractivity contribution in [2.75, 3.05) is 0 Å². The summed E-state index contributed by atoms with van der Waals surface area (Å²) in [5.74, 6) is -2.23. The standard InChI is InChI=1S/C12H22F2/c1-11(2,3)6-5-9-7-10(8-9)12(4,13)14/h9-10H,5-8H2,1-4H3. The number of alkyl halides is 2. The van der Waals surface area contributed by atoms with Crippen LogP contribution in [0.1, 0.15) is 53.4 Å². The Bertz CT molecular complexity index is 177. The predicted molar refractivity (Wildman–Crippen MR) is 55.5 cm³/mol. The second-order valence-electron chi connectivity index (χ2n) is 6.09. The smallest absolute Gasteiger partial charge is 0.207 e. The molecule has 1 fully saturated rings. The van der Waals surface area contributed by atoms with E-state index in [9.17, 15) is 8.78 Å². The van der Waals surface area contributed by atoms with Crippen LogP contribution in [0.5, 0.6) is 0 Å². The third kappa shape index (κ3) is 3.55. The van der Waals surface area contributed by atoms with Crippen LogP contribution in [0.15, 0.2) is 0 Å². The molecule has 0 unspecified atom stereocenters. The van der Waals surface area contributed by atoms with E-state index in [4.69, 9.17) is 0 Å². The second kappa shape index (κ2) is 3.79. The minimum atomic E-state index is -2.45. The van der Waals surface area contributed by atoms with Crippen LogP contribution in [0, 0.1) is 17.3 Å². The fourth-order valence-electron chi connectivity index (χ4n) is 2.02. The molecule has 0 saturated heterocycles. The van der Waals surface area contributed by atoms with Gasteiger partial charge in [0, 0.05) is 5.92 Å². The Morgan fingerprint density at radius 1 is 1.07 bits per heavy atom. The van der Waals surface area contributed by atoms with Gasteiger partial charge in [0.25, 0.3) is 0 Å². The Labute approximate surface area is 86.1 Å². The number of rotatable bonds is 3. The van der Waals surface area contributed by atoms with Crippen molar-refractivity contribution >= 4 is 0 Å². The maximum absolute atomic E-state index is 12.8. The van der Waals surface area contributed by atoms with Gasteiger partial charge in [0.05, 0.1) is 0 Å². The summed E-state index contributed by atoms with van der Waals surface area (Å²) in [6.07, 6.45) is 3.74. The highest BCUT2D eigenvalue weighted by molar-refractivity contribution is 4.87. The first kappa shape index (κ1) is 11.9. The van der Waals surface area contributed by atoms with Crippen molar-refractivity contribution in [1.82, 2.24) is 0 Å². The normalized spacial score (nSPS) is 28.7. The second-order valence-corrected chi connectivity index (χ2v) is 6.09. The molecule has 0 spiro atoms. The average Bonchev–Trinajstić information content (AvgIpc) is 1.76. The first-order chi connectivity index (χ1) is 6.18. The highest BCUT2D eigenvalue weighted by Gasteiger charge is 2.43. The van der Waals surface area contributed by atoms with Crippen molar-refractivity contribution in [3.63, 3.8) is 0 Å². The van der Waals surface area contributed by atoms with E-state index in [2.05, 4.69) is 20.8 Å². The zero-order chi connectivity index (χ0) is 11.0. The molecule has 0 aromatic rings. The van der Waals surface area contributed by atoms with Crippen LogP contribution in [0.2, 0.25) is 0 Å². The van der Waals surface area contributed by atoms with Crippen molar-refractivity contribution in [3.8, 4) is 0 Å². The molecule has 0 aromatic carbocycles. The third-order valence-corrected chi connectivity index (χ3v) is 3.26. The molecule has 1 rings (SSSR count). The fraction of sp³-hybridized carbons (Fsp3) is 1.00. The van der Waals surface area contributed by atoms with Gasteiger partial charge >= 0.3 is 0 Å². The quantitative estimate of drug-likeness (QED) is 0.635. The van der Waals surface area contributed by atoms with Gasteiger partial charge in [0.1, 0.15) is 0 Å². The molecule has 0 N–H and O–H groups in total. The number of hydrogen-bond donors (Lipinski definition) is 0. The van der Waals surface area contributed by atoms with Gasteiger partial charge in [-0.2, -0.15) is 0 Å². The molecule has 0 amide bonds. The van der Waals surface area contributed by atoms with E-state index in [1.54, 1.807) is 0 Å². The van der Waals surface area contributed by atoms with Crippen molar-refractivity contribution in [2.45, 2.75) is 59.3 Å². The first-order valence-corrected chi connectivity index (χ1v) is 5.56. The molecule has 0 nitrogen and oxygen atoms in total.